The molecule has 1 aliphatic rings. The molecule has 1 aromatic rings. The minimum atomic E-state index is -3.79. The van der Waals surface area contributed by atoms with Crippen molar-refractivity contribution < 1.29 is 32.6 Å². The summed E-state index contributed by atoms with van der Waals surface area (Å²) in [4.78, 5) is 22.3. The Kier molecular flexibility index (Phi) is 6.60. The molecule has 1 heterocycles. The lowest BCUT2D eigenvalue weighted by Crippen LogP contribution is -2.47. The monoisotopic (exact) mass is 385 g/mol. The summed E-state index contributed by atoms with van der Waals surface area (Å²) < 4.78 is 36.8. The van der Waals surface area contributed by atoms with E-state index in [4.69, 9.17) is 4.74 Å². The Morgan fingerprint density at radius 2 is 1.88 bits per heavy atom. The molecule has 0 spiro atoms. The first-order valence-electron chi connectivity index (χ1n) is 8.30. The van der Waals surface area contributed by atoms with Gasteiger partial charge >= 0.3 is 11.9 Å². The number of carboxylic acid groups (broad SMARTS) is 1. The molecule has 1 N–H and O–H groups in total. The number of aliphatic carboxylic acids is 1. The van der Waals surface area contributed by atoms with Crippen molar-refractivity contribution in [3.05, 3.63) is 24.3 Å². The van der Waals surface area contributed by atoms with Crippen LogP contribution in [-0.4, -0.2) is 56.1 Å². The molecule has 1 aliphatic heterocycles. The molecular weight excluding hydrogens is 362 g/mol. The first-order valence-corrected chi connectivity index (χ1v) is 9.74. The van der Waals surface area contributed by atoms with Gasteiger partial charge in [-0.15, -0.1) is 0 Å². The van der Waals surface area contributed by atoms with Crippen LogP contribution < -0.4 is 4.74 Å². The van der Waals surface area contributed by atoms with Crippen LogP contribution in [0.25, 0.3) is 0 Å². The molecule has 26 heavy (non-hydrogen) atoms. The Balaban J connectivity index is 2.08. The predicted octanol–water partition coefficient (Wildman–Crippen LogP) is 1.50. The number of carbonyl (C=O) groups is 2. The lowest BCUT2D eigenvalue weighted by Gasteiger charge is -2.35. The van der Waals surface area contributed by atoms with Gasteiger partial charge in [0.15, 0.2) is 0 Å². The van der Waals surface area contributed by atoms with Gasteiger partial charge in [-0.1, -0.05) is 0 Å². The van der Waals surface area contributed by atoms with Crippen molar-refractivity contribution in [2.75, 3.05) is 20.3 Å². The van der Waals surface area contributed by atoms with E-state index in [1.807, 2.05) is 0 Å². The zero-order chi connectivity index (χ0) is 19.3. The normalized spacial score (nSPS) is 21.2. The SMILES string of the molecule is COC(=O)CCOc1ccc(S(=O)(=O)N2CC(C(=O)O)CCC2C)cc1. The number of rotatable bonds is 7. The number of ether oxygens (including phenoxy) is 2. The van der Waals surface area contributed by atoms with E-state index in [2.05, 4.69) is 4.74 Å². The van der Waals surface area contributed by atoms with Gasteiger partial charge in [-0.05, 0) is 44.0 Å². The van der Waals surface area contributed by atoms with Crippen LogP contribution in [0.2, 0.25) is 0 Å². The number of nitrogens with zero attached hydrogens (tertiary/aromatic N) is 1. The summed E-state index contributed by atoms with van der Waals surface area (Å²) in [6.07, 6.45) is 1.07. The molecule has 9 heteroatoms. The molecule has 2 unspecified atom stereocenters. The van der Waals surface area contributed by atoms with Gasteiger partial charge in [-0.3, -0.25) is 9.59 Å². The molecule has 144 valence electrons. The molecule has 0 aromatic heterocycles. The second-order valence-corrected chi connectivity index (χ2v) is 8.07. The van der Waals surface area contributed by atoms with Crippen molar-refractivity contribution >= 4 is 22.0 Å². The number of hydrogen-bond donors (Lipinski definition) is 1. The Morgan fingerprint density at radius 3 is 2.46 bits per heavy atom. The minimum Gasteiger partial charge on any atom is -0.493 e. The molecule has 8 nitrogen and oxygen atoms in total. The fourth-order valence-electron chi connectivity index (χ4n) is 2.81. The lowest BCUT2D eigenvalue weighted by molar-refractivity contribution is -0.143. The van der Waals surface area contributed by atoms with Crippen LogP contribution in [0.1, 0.15) is 26.2 Å². The highest BCUT2D eigenvalue weighted by molar-refractivity contribution is 7.89. The molecule has 2 rings (SSSR count). The Morgan fingerprint density at radius 1 is 1.23 bits per heavy atom. The van der Waals surface area contributed by atoms with Gasteiger partial charge in [0.1, 0.15) is 5.75 Å². The third-order valence-corrected chi connectivity index (χ3v) is 6.40. The summed E-state index contributed by atoms with van der Waals surface area (Å²) in [5.74, 6) is -1.63. The van der Waals surface area contributed by atoms with E-state index in [9.17, 15) is 23.1 Å². The zero-order valence-corrected chi connectivity index (χ0v) is 15.6. The smallest absolute Gasteiger partial charge is 0.308 e. The van der Waals surface area contributed by atoms with Gasteiger partial charge in [0.25, 0.3) is 0 Å². The largest absolute Gasteiger partial charge is 0.493 e. The molecular formula is C17H23NO7S. The summed E-state index contributed by atoms with van der Waals surface area (Å²) in [7, 11) is -2.50. The summed E-state index contributed by atoms with van der Waals surface area (Å²) >= 11 is 0. The van der Waals surface area contributed by atoms with Gasteiger partial charge in [0.2, 0.25) is 10.0 Å². The van der Waals surface area contributed by atoms with Crippen LogP contribution in [0, 0.1) is 5.92 Å². The minimum absolute atomic E-state index is 0.0315. The molecule has 0 radical (unpaired) electrons. The van der Waals surface area contributed by atoms with E-state index in [0.29, 0.717) is 18.6 Å². The molecule has 1 aromatic carbocycles. The van der Waals surface area contributed by atoms with E-state index in [0.717, 1.165) is 0 Å². The number of esters is 1. The highest BCUT2D eigenvalue weighted by atomic mass is 32.2. The van der Waals surface area contributed by atoms with Crippen LogP contribution in [0.5, 0.6) is 5.75 Å². The van der Waals surface area contributed by atoms with Crippen LogP contribution >= 0.6 is 0 Å². The quantitative estimate of drug-likeness (QED) is 0.708. The average Bonchev–Trinajstić information content (AvgIpc) is 2.62. The van der Waals surface area contributed by atoms with Crippen molar-refractivity contribution in [3.63, 3.8) is 0 Å². The number of sulfonamides is 1. The fourth-order valence-corrected chi connectivity index (χ4v) is 4.52. The first-order chi connectivity index (χ1) is 12.3. The summed E-state index contributed by atoms with van der Waals surface area (Å²) in [6.45, 7) is 1.87. The predicted molar refractivity (Wildman–Crippen MR) is 92.3 cm³/mol. The van der Waals surface area contributed by atoms with E-state index < -0.39 is 27.9 Å². The van der Waals surface area contributed by atoms with Crippen molar-refractivity contribution in [1.29, 1.82) is 0 Å². The standard InChI is InChI=1S/C17H23NO7S/c1-12-3-4-13(17(20)21)11-18(12)26(22,23)15-7-5-14(6-8-15)25-10-9-16(19)24-2/h5-8,12-13H,3-4,9-11H2,1-2H3,(H,20,21). The van der Waals surface area contributed by atoms with Crippen molar-refractivity contribution in [2.24, 2.45) is 5.92 Å². The summed E-state index contributed by atoms with van der Waals surface area (Å²) in [6, 6.07) is 5.59. The number of benzene rings is 1. The van der Waals surface area contributed by atoms with E-state index >= 15 is 0 Å². The lowest BCUT2D eigenvalue weighted by atomic mass is 9.96. The Hall–Kier alpha value is -2.13. The number of carboxylic acids is 1. The maximum Gasteiger partial charge on any atom is 0.308 e. The van der Waals surface area contributed by atoms with Crippen molar-refractivity contribution in [3.8, 4) is 5.75 Å². The van der Waals surface area contributed by atoms with Crippen LogP contribution in [0.3, 0.4) is 0 Å². The summed E-state index contributed by atoms with van der Waals surface area (Å²) in [5.41, 5.74) is 0. The Bertz CT molecular complexity index is 745. The van der Waals surface area contributed by atoms with Crippen LogP contribution in [0.15, 0.2) is 29.2 Å². The number of carbonyl (C=O) groups excluding carboxylic acids is 1. The van der Waals surface area contributed by atoms with Crippen LogP contribution in [0.4, 0.5) is 0 Å². The van der Waals surface area contributed by atoms with Gasteiger partial charge in [-0.25, -0.2) is 8.42 Å². The van der Waals surface area contributed by atoms with Crippen molar-refractivity contribution in [2.45, 2.75) is 37.1 Å². The Labute approximate surface area is 152 Å². The molecule has 0 aliphatic carbocycles. The average molecular weight is 385 g/mol. The molecule has 0 bridgehead atoms. The second kappa shape index (κ2) is 8.50. The van der Waals surface area contributed by atoms with Crippen molar-refractivity contribution in [1.82, 2.24) is 4.31 Å². The number of methoxy groups -OCH3 is 1. The number of piperidine rings is 1. The molecule has 1 saturated heterocycles. The maximum atomic E-state index is 12.9. The fraction of sp³-hybridized carbons (Fsp3) is 0.529. The molecule has 2 atom stereocenters. The third-order valence-electron chi connectivity index (χ3n) is 4.41. The zero-order valence-electron chi connectivity index (χ0n) is 14.8. The van der Waals surface area contributed by atoms with E-state index in [-0.39, 0.29) is 30.5 Å². The van der Waals surface area contributed by atoms with Gasteiger partial charge < -0.3 is 14.6 Å². The molecule has 0 amide bonds. The maximum absolute atomic E-state index is 12.9. The third kappa shape index (κ3) is 4.73. The molecule has 0 saturated carbocycles. The van der Waals surface area contributed by atoms with Crippen LogP contribution in [-0.2, 0) is 24.3 Å². The van der Waals surface area contributed by atoms with Gasteiger partial charge in [0, 0.05) is 12.6 Å². The second-order valence-electron chi connectivity index (χ2n) is 6.18. The first kappa shape index (κ1) is 20.2. The molecule has 1 fully saturated rings. The number of hydrogen-bond acceptors (Lipinski definition) is 6. The van der Waals surface area contributed by atoms with Gasteiger partial charge in [-0.2, -0.15) is 4.31 Å². The van der Waals surface area contributed by atoms with E-state index in [1.165, 1.54) is 35.7 Å². The topological polar surface area (TPSA) is 110 Å². The highest BCUT2D eigenvalue weighted by Gasteiger charge is 2.37. The van der Waals surface area contributed by atoms with E-state index in [1.54, 1.807) is 6.92 Å². The highest BCUT2D eigenvalue weighted by Crippen LogP contribution is 2.29. The van der Waals surface area contributed by atoms with Gasteiger partial charge in [0.05, 0.1) is 31.0 Å². The summed E-state index contributed by atoms with van der Waals surface area (Å²) in [5, 5.41) is 9.18.